The number of ether oxygens (including phenoxy) is 1. The number of carbonyl (C=O) groups excluding carboxylic acids is 1. The number of carbonyl (C=O) groups is 1. The number of amides is 1. The molecule has 2 bridgehead atoms. The summed E-state index contributed by atoms with van der Waals surface area (Å²) < 4.78 is 14.6. The van der Waals surface area contributed by atoms with Crippen LogP contribution in [0.2, 0.25) is 0 Å². The Morgan fingerprint density at radius 3 is 3.07 bits per heavy atom. The van der Waals surface area contributed by atoms with Crippen LogP contribution in [0.15, 0.2) is 12.4 Å². The van der Waals surface area contributed by atoms with Gasteiger partial charge in [-0.3, -0.25) is 9.78 Å². The van der Waals surface area contributed by atoms with E-state index in [0.717, 1.165) is 49.2 Å². The second-order valence-corrected chi connectivity index (χ2v) is 8.37. The second-order valence-electron chi connectivity index (χ2n) is 7.84. The van der Waals surface area contributed by atoms with Crippen molar-refractivity contribution in [3.05, 3.63) is 29.5 Å². The number of rotatable bonds is 4. The zero-order valence-corrected chi connectivity index (χ0v) is 16.2. The van der Waals surface area contributed by atoms with Crippen LogP contribution >= 0.6 is 11.7 Å². The third-order valence-electron chi connectivity index (χ3n) is 6.22. The standard InChI is InChI=1S/C18H22N6O2S/c1-10-5-19-7-15(21-10)24-8-13-12(14-3-4-18(13,9-24)26-14)6-20-17(25)16-11(2)22-27-23-16/h5,7,12-14H,3-4,6,8-9H2,1-2H3,(H,20,25)/t12-,13+,14+,18+/m0/s1. The maximum Gasteiger partial charge on any atom is 0.272 e. The Labute approximate surface area is 161 Å². The first kappa shape index (κ1) is 17.0. The van der Waals surface area contributed by atoms with E-state index in [1.54, 1.807) is 6.20 Å². The van der Waals surface area contributed by atoms with Crippen molar-refractivity contribution in [3.8, 4) is 0 Å². The van der Waals surface area contributed by atoms with E-state index in [-0.39, 0.29) is 17.6 Å². The Bertz CT molecular complexity index is 888. The maximum absolute atomic E-state index is 12.4. The minimum absolute atomic E-state index is 0.108. The lowest BCUT2D eigenvalue weighted by Gasteiger charge is -2.29. The Kier molecular flexibility index (Phi) is 3.90. The number of nitrogens with zero attached hydrogens (tertiary/aromatic N) is 5. The van der Waals surface area contributed by atoms with Gasteiger partial charge in [0.25, 0.3) is 5.91 Å². The minimum atomic E-state index is -0.141. The molecule has 2 aromatic heterocycles. The molecule has 1 N–H and O–H groups in total. The highest BCUT2D eigenvalue weighted by molar-refractivity contribution is 6.99. The van der Waals surface area contributed by atoms with Crippen molar-refractivity contribution >= 4 is 23.5 Å². The summed E-state index contributed by atoms with van der Waals surface area (Å²) in [4.78, 5) is 23.6. The molecule has 27 heavy (non-hydrogen) atoms. The molecular formula is C18H22N6O2S. The Morgan fingerprint density at radius 2 is 2.30 bits per heavy atom. The zero-order valence-electron chi connectivity index (χ0n) is 15.4. The molecule has 8 nitrogen and oxygen atoms in total. The smallest absolute Gasteiger partial charge is 0.272 e. The Hall–Kier alpha value is -2.13. The van der Waals surface area contributed by atoms with Gasteiger partial charge in [-0.2, -0.15) is 8.75 Å². The van der Waals surface area contributed by atoms with Crippen LogP contribution in [-0.2, 0) is 4.74 Å². The van der Waals surface area contributed by atoms with Gasteiger partial charge in [-0.15, -0.1) is 0 Å². The molecule has 3 fully saturated rings. The first-order valence-electron chi connectivity index (χ1n) is 9.34. The van der Waals surface area contributed by atoms with Crippen molar-refractivity contribution in [3.63, 3.8) is 0 Å². The molecule has 1 spiro atoms. The summed E-state index contributed by atoms with van der Waals surface area (Å²) in [6.07, 6.45) is 5.97. The normalized spacial score (nSPS) is 31.3. The van der Waals surface area contributed by atoms with E-state index in [9.17, 15) is 4.79 Å². The van der Waals surface area contributed by atoms with Crippen LogP contribution < -0.4 is 10.2 Å². The molecule has 0 radical (unpaired) electrons. The average Bonchev–Trinajstić information content (AvgIpc) is 3.39. The van der Waals surface area contributed by atoms with Gasteiger partial charge < -0.3 is 15.0 Å². The SMILES string of the molecule is Cc1cncc(N2C[C@@H]3[C@H](CNC(=O)c4nsnc4C)[C@H]4CC[C@]3(C2)O4)n1. The third kappa shape index (κ3) is 2.71. The number of nitrogens with one attached hydrogen (secondary N) is 1. The molecule has 4 atom stereocenters. The highest BCUT2D eigenvalue weighted by atomic mass is 32.1. The number of anilines is 1. The predicted octanol–water partition coefficient (Wildman–Crippen LogP) is 1.36. The molecule has 142 valence electrons. The fraction of sp³-hybridized carbons (Fsp3) is 0.611. The minimum Gasteiger partial charge on any atom is -0.369 e. The Balaban J connectivity index is 1.31. The summed E-state index contributed by atoms with van der Waals surface area (Å²) in [6, 6.07) is 0. The van der Waals surface area contributed by atoms with Crippen LogP contribution in [-0.4, -0.2) is 56.0 Å². The lowest BCUT2D eigenvalue weighted by Crippen LogP contribution is -2.42. The fourth-order valence-electron chi connectivity index (χ4n) is 4.97. The van der Waals surface area contributed by atoms with Gasteiger partial charge in [-0.1, -0.05) is 0 Å². The highest BCUT2D eigenvalue weighted by Gasteiger charge is 2.63. The van der Waals surface area contributed by atoms with Crippen LogP contribution in [0.4, 0.5) is 5.82 Å². The number of fused-ring (bicyclic) bond motifs is 1. The summed E-state index contributed by atoms with van der Waals surface area (Å²) in [7, 11) is 0. The monoisotopic (exact) mass is 386 g/mol. The first-order chi connectivity index (χ1) is 13.1. The molecule has 0 unspecified atom stereocenters. The van der Waals surface area contributed by atoms with Crippen molar-refractivity contribution < 1.29 is 9.53 Å². The van der Waals surface area contributed by atoms with Crippen LogP contribution in [0.1, 0.15) is 34.7 Å². The van der Waals surface area contributed by atoms with Crippen molar-refractivity contribution in [2.24, 2.45) is 11.8 Å². The van der Waals surface area contributed by atoms with Gasteiger partial charge in [-0.05, 0) is 26.7 Å². The number of hydrogen-bond donors (Lipinski definition) is 1. The van der Waals surface area contributed by atoms with Gasteiger partial charge in [0.2, 0.25) is 0 Å². The van der Waals surface area contributed by atoms with E-state index in [1.807, 2.05) is 20.0 Å². The van der Waals surface area contributed by atoms with Crippen molar-refractivity contribution in [1.82, 2.24) is 24.0 Å². The summed E-state index contributed by atoms with van der Waals surface area (Å²) in [6.45, 7) is 6.13. The topological polar surface area (TPSA) is 93.1 Å². The molecule has 3 saturated heterocycles. The number of aryl methyl sites for hydroxylation is 2. The highest BCUT2D eigenvalue weighted by Crippen LogP contribution is 2.55. The predicted molar refractivity (Wildman–Crippen MR) is 99.8 cm³/mol. The molecule has 5 heterocycles. The number of hydrogen-bond acceptors (Lipinski definition) is 8. The average molecular weight is 386 g/mol. The van der Waals surface area contributed by atoms with E-state index >= 15 is 0 Å². The van der Waals surface area contributed by atoms with E-state index in [4.69, 9.17) is 4.74 Å². The summed E-state index contributed by atoms with van der Waals surface area (Å²) in [5.74, 6) is 1.49. The van der Waals surface area contributed by atoms with Gasteiger partial charge in [0.1, 0.15) is 5.82 Å². The van der Waals surface area contributed by atoms with E-state index < -0.39 is 0 Å². The summed E-state index contributed by atoms with van der Waals surface area (Å²) in [5, 5.41) is 3.06. The van der Waals surface area contributed by atoms with Crippen LogP contribution in [0.5, 0.6) is 0 Å². The molecule has 0 aromatic carbocycles. The lowest BCUT2D eigenvalue weighted by atomic mass is 9.73. The molecule has 5 rings (SSSR count). The van der Waals surface area contributed by atoms with Crippen molar-refractivity contribution in [1.29, 1.82) is 0 Å². The Morgan fingerprint density at radius 1 is 1.41 bits per heavy atom. The first-order valence-corrected chi connectivity index (χ1v) is 10.1. The summed E-state index contributed by atoms with van der Waals surface area (Å²) >= 11 is 1.07. The molecular weight excluding hydrogens is 364 g/mol. The molecule has 0 saturated carbocycles. The molecule has 9 heteroatoms. The van der Waals surface area contributed by atoms with Crippen LogP contribution in [0, 0.1) is 25.7 Å². The molecule has 1 amide bonds. The molecule has 3 aliphatic rings. The summed E-state index contributed by atoms with van der Waals surface area (Å²) in [5.41, 5.74) is 1.93. The zero-order chi connectivity index (χ0) is 18.6. The maximum atomic E-state index is 12.4. The van der Waals surface area contributed by atoms with E-state index in [1.165, 1.54) is 0 Å². The van der Waals surface area contributed by atoms with Gasteiger partial charge in [0.15, 0.2) is 5.69 Å². The van der Waals surface area contributed by atoms with Crippen molar-refractivity contribution in [2.45, 2.75) is 38.4 Å². The third-order valence-corrected chi connectivity index (χ3v) is 6.84. The van der Waals surface area contributed by atoms with Gasteiger partial charge >= 0.3 is 0 Å². The fourth-order valence-corrected chi connectivity index (χ4v) is 5.52. The molecule has 2 aromatic rings. The van der Waals surface area contributed by atoms with E-state index in [0.29, 0.717) is 29.8 Å². The second kappa shape index (κ2) is 6.20. The van der Waals surface area contributed by atoms with Gasteiger partial charge in [0.05, 0.1) is 41.0 Å². The molecule has 0 aliphatic carbocycles. The van der Waals surface area contributed by atoms with Gasteiger partial charge in [0, 0.05) is 37.7 Å². The van der Waals surface area contributed by atoms with Crippen LogP contribution in [0.25, 0.3) is 0 Å². The van der Waals surface area contributed by atoms with Gasteiger partial charge in [-0.25, -0.2) is 4.98 Å². The lowest BCUT2D eigenvalue weighted by molar-refractivity contribution is 0.0141. The largest absolute Gasteiger partial charge is 0.369 e. The molecule has 3 aliphatic heterocycles. The quantitative estimate of drug-likeness (QED) is 0.848. The van der Waals surface area contributed by atoms with E-state index in [2.05, 4.69) is 28.9 Å². The van der Waals surface area contributed by atoms with Crippen LogP contribution in [0.3, 0.4) is 0 Å². The van der Waals surface area contributed by atoms with Crippen molar-refractivity contribution in [2.75, 3.05) is 24.5 Å². The number of aromatic nitrogens is 4.